The topological polar surface area (TPSA) is 64.6 Å². The predicted molar refractivity (Wildman–Crippen MR) is 111 cm³/mol. The summed E-state index contributed by atoms with van der Waals surface area (Å²) in [6, 6.07) is 13.4. The molecule has 6 heteroatoms. The number of esters is 1. The van der Waals surface area contributed by atoms with Crippen molar-refractivity contribution >= 4 is 29.2 Å². The van der Waals surface area contributed by atoms with Gasteiger partial charge >= 0.3 is 5.97 Å². The van der Waals surface area contributed by atoms with Crippen molar-refractivity contribution in [2.45, 2.75) is 45.6 Å². The average molecular weight is 404 g/mol. The molecule has 2 aromatic carbocycles. The second-order valence-electron chi connectivity index (χ2n) is 6.48. The summed E-state index contributed by atoms with van der Waals surface area (Å²) in [7, 11) is 0. The Labute approximate surface area is 171 Å². The maximum atomic E-state index is 12.2. The normalized spacial score (nSPS) is 11.5. The number of halogens is 1. The van der Waals surface area contributed by atoms with Crippen LogP contribution in [0.1, 0.15) is 49.9 Å². The molecule has 0 fully saturated rings. The third kappa shape index (κ3) is 7.24. The number of unbranched alkanes of at least 4 members (excludes halogenated alkanes) is 3. The lowest BCUT2D eigenvalue weighted by Gasteiger charge is -2.14. The Kier molecular flexibility index (Phi) is 8.82. The van der Waals surface area contributed by atoms with Gasteiger partial charge in [-0.15, -0.1) is 0 Å². The molecule has 0 bridgehead atoms. The highest BCUT2D eigenvalue weighted by molar-refractivity contribution is 6.30. The number of anilines is 1. The number of benzene rings is 2. The lowest BCUT2D eigenvalue weighted by atomic mass is 10.2. The standard InChI is InChI=1S/C22H26ClNO4/c1-3-4-5-6-15-27-20-13-7-17(8-14-20)22(26)28-16(2)21(25)24-19-11-9-18(23)10-12-19/h7-14,16H,3-6,15H2,1-2H3,(H,24,25)/t16-/m1/s1. The number of carbonyl (C=O) groups excluding carboxylic acids is 2. The van der Waals surface area contributed by atoms with Crippen LogP contribution in [0.5, 0.6) is 5.75 Å². The summed E-state index contributed by atoms with van der Waals surface area (Å²) in [5.41, 5.74) is 0.946. The van der Waals surface area contributed by atoms with Crippen LogP contribution in [-0.2, 0) is 9.53 Å². The number of amides is 1. The largest absolute Gasteiger partial charge is 0.494 e. The van der Waals surface area contributed by atoms with E-state index in [4.69, 9.17) is 21.1 Å². The Morgan fingerprint density at radius 3 is 2.32 bits per heavy atom. The zero-order chi connectivity index (χ0) is 20.4. The molecule has 2 rings (SSSR count). The molecular formula is C22H26ClNO4. The van der Waals surface area contributed by atoms with Crippen molar-refractivity contribution < 1.29 is 19.1 Å². The smallest absolute Gasteiger partial charge is 0.338 e. The first kappa shape index (κ1) is 21.8. The van der Waals surface area contributed by atoms with E-state index in [-0.39, 0.29) is 0 Å². The number of ether oxygens (including phenoxy) is 2. The van der Waals surface area contributed by atoms with Crippen LogP contribution in [0.3, 0.4) is 0 Å². The summed E-state index contributed by atoms with van der Waals surface area (Å²) >= 11 is 5.82. The minimum Gasteiger partial charge on any atom is -0.494 e. The Balaban J connectivity index is 1.80. The average Bonchev–Trinajstić information content (AvgIpc) is 2.70. The van der Waals surface area contributed by atoms with Gasteiger partial charge in [0.05, 0.1) is 12.2 Å². The second-order valence-corrected chi connectivity index (χ2v) is 6.91. The Bertz CT molecular complexity index is 759. The first-order valence-electron chi connectivity index (χ1n) is 9.50. The van der Waals surface area contributed by atoms with Crippen LogP contribution in [0, 0.1) is 0 Å². The molecule has 0 aliphatic heterocycles. The zero-order valence-corrected chi connectivity index (χ0v) is 17.0. The third-order valence-corrected chi connectivity index (χ3v) is 4.37. The molecule has 5 nitrogen and oxygen atoms in total. The summed E-state index contributed by atoms with van der Waals surface area (Å²) in [4.78, 5) is 24.4. The first-order valence-corrected chi connectivity index (χ1v) is 9.87. The number of rotatable bonds is 10. The van der Waals surface area contributed by atoms with Crippen LogP contribution in [-0.4, -0.2) is 24.6 Å². The Morgan fingerprint density at radius 2 is 1.68 bits per heavy atom. The summed E-state index contributed by atoms with van der Waals surface area (Å²) in [5.74, 6) is -0.266. The molecule has 0 radical (unpaired) electrons. The van der Waals surface area contributed by atoms with E-state index in [1.165, 1.54) is 19.8 Å². The van der Waals surface area contributed by atoms with Gasteiger partial charge in [-0.3, -0.25) is 4.79 Å². The molecule has 2 aromatic rings. The highest BCUT2D eigenvalue weighted by Gasteiger charge is 2.19. The van der Waals surface area contributed by atoms with Crippen LogP contribution in [0.2, 0.25) is 5.02 Å². The molecule has 0 aromatic heterocycles. The van der Waals surface area contributed by atoms with Crippen molar-refractivity contribution in [2.24, 2.45) is 0 Å². The summed E-state index contributed by atoms with van der Waals surface area (Å²) in [5, 5.41) is 3.25. The Morgan fingerprint density at radius 1 is 1.00 bits per heavy atom. The molecule has 0 unspecified atom stereocenters. The lowest BCUT2D eigenvalue weighted by Crippen LogP contribution is -2.29. The van der Waals surface area contributed by atoms with E-state index in [0.717, 1.165) is 12.8 Å². The van der Waals surface area contributed by atoms with Crippen molar-refractivity contribution in [3.8, 4) is 5.75 Å². The monoisotopic (exact) mass is 403 g/mol. The zero-order valence-electron chi connectivity index (χ0n) is 16.2. The van der Waals surface area contributed by atoms with E-state index in [2.05, 4.69) is 12.2 Å². The van der Waals surface area contributed by atoms with Crippen molar-refractivity contribution in [3.05, 3.63) is 59.1 Å². The van der Waals surface area contributed by atoms with E-state index in [9.17, 15) is 9.59 Å². The van der Waals surface area contributed by atoms with Crippen LogP contribution < -0.4 is 10.1 Å². The number of carbonyl (C=O) groups is 2. The van der Waals surface area contributed by atoms with E-state index in [0.29, 0.717) is 28.6 Å². The maximum absolute atomic E-state index is 12.2. The van der Waals surface area contributed by atoms with Gasteiger partial charge < -0.3 is 14.8 Å². The van der Waals surface area contributed by atoms with Crippen LogP contribution >= 0.6 is 11.6 Å². The summed E-state index contributed by atoms with van der Waals surface area (Å²) < 4.78 is 10.9. The van der Waals surface area contributed by atoms with Crippen molar-refractivity contribution in [3.63, 3.8) is 0 Å². The fourth-order valence-corrected chi connectivity index (χ4v) is 2.59. The fraction of sp³-hybridized carbons (Fsp3) is 0.364. The van der Waals surface area contributed by atoms with Gasteiger partial charge in [0.1, 0.15) is 5.75 Å². The van der Waals surface area contributed by atoms with Crippen LogP contribution in [0.25, 0.3) is 0 Å². The number of hydrogen-bond acceptors (Lipinski definition) is 4. The molecule has 0 heterocycles. The molecule has 0 aliphatic rings. The molecule has 28 heavy (non-hydrogen) atoms. The van der Waals surface area contributed by atoms with E-state index < -0.39 is 18.0 Å². The van der Waals surface area contributed by atoms with Gasteiger partial charge in [0.2, 0.25) is 0 Å². The van der Waals surface area contributed by atoms with Crippen molar-refractivity contribution in [1.29, 1.82) is 0 Å². The van der Waals surface area contributed by atoms with Crippen LogP contribution in [0.4, 0.5) is 5.69 Å². The fourth-order valence-electron chi connectivity index (χ4n) is 2.47. The van der Waals surface area contributed by atoms with Gasteiger partial charge in [0, 0.05) is 10.7 Å². The highest BCUT2D eigenvalue weighted by atomic mass is 35.5. The quantitative estimate of drug-likeness (QED) is 0.421. The molecule has 1 amide bonds. The maximum Gasteiger partial charge on any atom is 0.338 e. The van der Waals surface area contributed by atoms with Gasteiger partial charge in [-0.2, -0.15) is 0 Å². The molecule has 0 saturated carbocycles. The first-order chi connectivity index (χ1) is 13.5. The molecule has 1 atom stereocenters. The molecule has 0 saturated heterocycles. The lowest BCUT2D eigenvalue weighted by molar-refractivity contribution is -0.123. The molecule has 1 N–H and O–H groups in total. The van der Waals surface area contributed by atoms with Gasteiger partial charge in [0.15, 0.2) is 6.10 Å². The van der Waals surface area contributed by atoms with E-state index in [1.54, 1.807) is 48.5 Å². The van der Waals surface area contributed by atoms with Crippen LogP contribution in [0.15, 0.2) is 48.5 Å². The second kappa shape index (κ2) is 11.3. The van der Waals surface area contributed by atoms with E-state index >= 15 is 0 Å². The summed E-state index contributed by atoms with van der Waals surface area (Å²) in [6.07, 6.45) is 3.62. The molecule has 0 spiro atoms. The van der Waals surface area contributed by atoms with Gasteiger partial charge in [-0.25, -0.2) is 4.79 Å². The van der Waals surface area contributed by atoms with Crippen molar-refractivity contribution in [2.75, 3.05) is 11.9 Å². The van der Waals surface area contributed by atoms with Gasteiger partial charge in [-0.1, -0.05) is 37.8 Å². The van der Waals surface area contributed by atoms with Crippen molar-refractivity contribution in [1.82, 2.24) is 0 Å². The minimum absolute atomic E-state index is 0.365. The molecular weight excluding hydrogens is 378 g/mol. The van der Waals surface area contributed by atoms with E-state index in [1.807, 2.05) is 0 Å². The highest BCUT2D eigenvalue weighted by Crippen LogP contribution is 2.16. The predicted octanol–water partition coefficient (Wildman–Crippen LogP) is 5.48. The third-order valence-electron chi connectivity index (χ3n) is 4.12. The Hall–Kier alpha value is -2.53. The molecule has 0 aliphatic carbocycles. The summed E-state index contributed by atoms with van der Waals surface area (Å²) in [6.45, 7) is 4.35. The number of nitrogens with one attached hydrogen (secondary N) is 1. The SMILES string of the molecule is CCCCCCOc1ccc(C(=O)O[C@H](C)C(=O)Nc2ccc(Cl)cc2)cc1. The molecule has 150 valence electrons. The minimum atomic E-state index is -0.933. The number of hydrogen-bond donors (Lipinski definition) is 1. The van der Waals surface area contributed by atoms with Gasteiger partial charge in [0.25, 0.3) is 5.91 Å². The van der Waals surface area contributed by atoms with Gasteiger partial charge in [-0.05, 0) is 61.9 Å².